The third-order valence-electron chi connectivity index (χ3n) is 2.84. The average molecular weight is 275 g/mol. The van der Waals surface area contributed by atoms with E-state index < -0.39 is 0 Å². The number of nitrogens with zero attached hydrogens (tertiary/aromatic N) is 1. The summed E-state index contributed by atoms with van der Waals surface area (Å²) in [5.74, 6) is -0.0217. The Morgan fingerprint density at radius 3 is 2.74 bits per heavy atom. The monoisotopic (exact) mass is 274 g/mol. The molecule has 0 spiro atoms. The molecule has 0 aliphatic carbocycles. The molecule has 19 heavy (non-hydrogen) atoms. The lowest BCUT2D eigenvalue weighted by Gasteiger charge is -2.14. The molecule has 1 aromatic heterocycles. The molecule has 0 radical (unpaired) electrons. The Kier molecular flexibility index (Phi) is 4.53. The van der Waals surface area contributed by atoms with Gasteiger partial charge in [-0.3, -0.25) is 9.78 Å². The highest BCUT2D eigenvalue weighted by Crippen LogP contribution is 2.13. The second-order valence-electron chi connectivity index (χ2n) is 4.38. The molecule has 0 saturated carbocycles. The molecule has 4 heteroatoms. The molecular formula is C15H15ClN2O. The average Bonchev–Trinajstić information content (AvgIpc) is 2.39. The van der Waals surface area contributed by atoms with Crippen molar-refractivity contribution in [3.63, 3.8) is 0 Å². The van der Waals surface area contributed by atoms with Crippen LogP contribution in [0.2, 0.25) is 5.02 Å². The van der Waals surface area contributed by atoms with Crippen LogP contribution < -0.4 is 5.32 Å². The molecule has 0 aliphatic heterocycles. The van der Waals surface area contributed by atoms with Gasteiger partial charge in [-0.25, -0.2) is 0 Å². The van der Waals surface area contributed by atoms with Gasteiger partial charge < -0.3 is 5.32 Å². The minimum atomic E-state index is -0.0327. The number of hydrogen-bond acceptors (Lipinski definition) is 2. The molecule has 1 N–H and O–H groups in total. The van der Waals surface area contributed by atoms with Gasteiger partial charge in [-0.2, -0.15) is 0 Å². The van der Waals surface area contributed by atoms with Gasteiger partial charge in [-0.15, -0.1) is 0 Å². The van der Waals surface area contributed by atoms with Crippen molar-refractivity contribution in [2.24, 2.45) is 0 Å². The minimum absolute atomic E-state index is 0.0217. The van der Waals surface area contributed by atoms with Gasteiger partial charge in [0.15, 0.2) is 0 Å². The fourth-order valence-corrected chi connectivity index (χ4v) is 2.07. The van der Waals surface area contributed by atoms with Crippen molar-refractivity contribution >= 4 is 17.5 Å². The number of benzene rings is 1. The molecule has 2 aromatic rings. The lowest BCUT2D eigenvalue weighted by Crippen LogP contribution is -2.28. The Morgan fingerprint density at radius 2 is 2.05 bits per heavy atom. The van der Waals surface area contributed by atoms with Crippen LogP contribution in [0.25, 0.3) is 0 Å². The molecule has 1 amide bonds. The van der Waals surface area contributed by atoms with Crippen LogP contribution in [-0.2, 0) is 11.2 Å². The lowest BCUT2D eigenvalue weighted by atomic mass is 10.1. The van der Waals surface area contributed by atoms with Gasteiger partial charge >= 0.3 is 0 Å². The summed E-state index contributed by atoms with van der Waals surface area (Å²) in [5, 5.41) is 3.60. The summed E-state index contributed by atoms with van der Waals surface area (Å²) < 4.78 is 0. The molecule has 98 valence electrons. The normalized spacial score (nSPS) is 11.9. The summed E-state index contributed by atoms with van der Waals surface area (Å²) >= 11 is 5.89. The standard InChI is InChI=1S/C15H15ClN2O/c1-11(13-5-7-17-8-6-13)18-15(19)10-12-3-2-4-14(16)9-12/h2-9,11H,10H2,1H3,(H,18,19). The number of carbonyl (C=O) groups excluding carboxylic acids is 1. The molecule has 1 heterocycles. The Hall–Kier alpha value is -1.87. The maximum Gasteiger partial charge on any atom is 0.224 e. The predicted molar refractivity (Wildman–Crippen MR) is 76.0 cm³/mol. The number of hydrogen-bond donors (Lipinski definition) is 1. The van der Waals surface area contributed by atoms with Crippen molar-refractivity contribution < 1.29 is 4.79 Å². The molecule has 1 unspecified atom stereocenters. The summed E-state index contributed by atoms with van der Waals surface area (Å²) in [4.78, 5) is 15.9. The topological polar surface area (TPSA) is 42.0 Å². The second-order valence-corrected chi connectivity index (χ2v) is 4.81. The predicted octanol–water partition coefficient (Wildman–Crippen LogP) is 3.15. The fourth-order valence-electron chi connectivity index (χ4n) is 1.86. The maximum atomic E-state index is 11.9. The molecule has 0 bridgehead atoms. The number of pyridine rings is 1. The van der Waals surface area contributed by atoms with Gasteiger partial charge in [0.2, 0.25) is 5.91 Å². The van der Waals surface area contributed by atoms with Gasteiger partial charge in [0.25, 0.3) is 0 Å². The van der Waals surface area contributed by atoms with Crippen LogP contribution in [0, 0.1) is 0 Å². The highest BCUT2D eigenvalue weighted by atomic mass is 35.5. The number of amides is 1. The summed E-state index contributed by atoms with van der Waals surface area (Å²) in [5.41, 5.74) is 1.95. The molecule has 1 aromatic carbocycles. The molecule has 0 aliphatic rings. The summed E-state index contributed by atoms with van der Waals surface area (Å²) in [6, 6.07) is 11.1. The summed E-state index contributed by atoms with van der Waals surface area (Å²) in [6.07, 6.45) is 3.76. The molecule has 0 saturated heterocycles. The van der Waals surface area contributed by atoms with E-state index in [9.17, 15) is 4.79 Å². The maximum absolute atomic E-state index is 11.9. The first-order valence-corrected chi connectivity index (χ1v) is 6.46. The molecule has 1 atom stereocenters. The van der Waals surface area contributed by atoms with Crippen molar-refractivity contribution in [1.82, 2.24) is 10.3 Å². The zero-order chi connectivity index (χ0) is 13.7. The van der Waals surface area contributed by atoms with Crippen LogP contribution in [0.1, 0.15) is 24.1 Å². The minimum Gasteiger partial charge on any atom is -0.349 e. The van der Waals surface area contributed by atoms with E-state index in [0.717, 1.165) is 11.1 Å². The van der Waals surface area contributed by atoms with Crippen LogP contribution in [0.15, 0.2) is 48.8 Å². The highest BCUT2D eigenvalue weighted by molar-refractivity contribution is 6.30. The van der Waals surface area contributed by atoms with Gasteiger partial charge in [0, 0.05) is 17.4 Å². The summed E-state index contributed by atoms with van der Waals surface area (Å²) in [6.45, 7) is 1.95. The smallest absolute Gasteiger partial charge is 0.224 e. The van der Waals surface area contributed by atoms with E-state index >= 15 is 0 Å². The third-order valence-corrected chi connectivity index (χ3v) is 3.07. The largest absolute Gasteiger partial charge is 0.349 e. The van der Waals surface area contributed by atoms with Gasteiger partial charge in [-0.05, 0) is 42.3 Å². The van der Waals surface area contributed by atoms with Crippen molar-refractivity contribution in [3.8, 4) is 0 Å². The van der Waals surface area contributed by atoms with E-state index in [2.05, 4.69) is 10.3 Å². The van der Waals surface area contributed by atoms with E-state index in [1.54, 1.807) is 24.5 Å². The van der Waals surface area contributed by atoms with E-state index in [4.69, 9.17) is 11.6 Å². The van der Waals surface area contributed by atoms with Gasteiger partial charge in [-0.1, -0.05) is 23.7 Å². The van der Waals surface area contributed by atoms with Crippen molar-refractivity contribution in [2.75, 3.05) is 0 Å². The van der Waals surface area contributed by atoms with Crippen molar-refractivity contribution in [1.29, 1.82) is 0 Å². The van der Waals surface area contributed by atoms with Gasteiger partial charge in [0.1, 0.15) is 0 Å². The van der Waals surface area contributed by atoms with Crippen LogP contribution in [0.3, 0.4) is 0 Å². The zero-order valence-corrected chi connectivity index (χ0v) is 11.4. The Balaban J connectivity index is 1.95. The van der Waals surface area contributed by atoms with Crippen molar-refractivity contribution in [2.45, 2.75) is 19.4 Å². The molecule has 2 rings (SSSR count). The molecular weight excluding hydrogens is 260 g/mol. The van der Waals surface area contributed by atoms with Crippen LogP contribution in [0.4, 0.5) is 0 Å². The Morgan fingerprint density at radius 1 is 1.32 bits per heavy atom. The third kappa shape index (κ3) is 4.07. The lowest BCUT2D eigenvalue weighted by molar-refractivity contribution is -0.121. The Bertz CT molecular complexity index is 557. The summed E-state index contributed by atoms with van der Waals surface area (Å²) in [7, 11) is 0. The van der Waals surface area contributed by atoms with E-state index in [1.807, 2.05) is 31.2 Å². The number of aromatic nitrogens is 1. The second kappa shape index (κ2) is 6.34. The first-order valence-electron chi connectivity index (χ1n) is 6.09. The number of rotatable bonds is 4. The number of nitrogens with one attached hydrogen (secondary N) is 1. The first-order chi connectivity index (χ1) is 9.15. The zero-order valence-electron chi connectivity index (χ0n) is 10.6. The Labute approximate surface area is 117 Å². The highest BCUT2D eigenvalue weighted by Gasteiger charge is 2.09. The SMILES string of the molecule is CC(NC(=O)Cc1cccc(Cl)c1)c1ccncc1. The van der Waals surface area contributed by atoms with Crippen LogP contribution >= 0.6 is 11.6 Å². The molecule has 0 fully saturated rings. The quantitative estimate of drug-likeness (QED) is 0.931. The number of carbonyl (C=O) groups is 1. The van der Waals surface area contributed by atoms with Crippen LogP contribution in [0.5, 0.6) is 0 Å². The fraction of sp³-hybridized carbons (Fsp3) is 0.200. The van der Waals surface area contributed by atoms with E-state index in [1.165, 1.54) is 0 Å². The van der Waals surface area contributed by atoms with Crippen LogP contribution in [-0.4, -0.2) is 10.9 Å². The number of halogens is 1. The first kappa shape index (κ1) is 13.6. The van der Waals surface area contributed by atoms with E-state index in [0.29, 0.717) is 11.4 Å². The van der Waals surface area contributed by atoms with Crippen molar-refractivity contribution in [3.05, 3.63) is 64.9 Å². The van der Waals surface area contributed by atoms with E-state index in [-0.39, 0.29) is 11.9 Å². The molecule has 3 nitrogen and oxygen atoms in total. The van der Waals surface area contributed by atoms with Gasteiger partial charge in [0.05, 0.1) is 12.5 Å².